The van der Waals surface area contributed by atoms with E-state index in [1.807, 2.05) is 17.1 Å². The molecule has 1 aliphatic rings. The molecule has 0 bridgehead atoms. The van der Waals surface area contributed by atoms with Crippen molar-refractivity contribution in [2.45, 2.75) is 51.9 Å². The topological polar surface area (TPSA) is 107 Å². The van der Waals surface area contributed by atoms with E-state index in [-0.39, 0.29) is 11.4 Å². The number of pyridine rings is 1. The Bertz CT molecular complexity index is 968. The van der Waals surface area contributed by atoms with E-state index in [4.69, 9.17) is 15.0 Å². The standard InChI is InChI=1S/C20H26F3N5O3/c1-10-14(11(2)31-27-10)15-16(28-7-6-19(4,24)9-28)13(8-25-18(15)30-5)17(29)26-12(3)20(21,22)23/h8,12H,6-7,9,24H2,1-5H3,(H,26,29)/t12-,19-/m0/s1. The molecule has 2 atom stereocenters. The monoisotopic (exact) mass is 441 g/mol. The van der Waals surface area contributed by atoms with Gasteiger partial charge in [0.15, 0.2) is 0 Å². The molecule has 1 aliphatic heterocycles. The van der Waals surface area contributed by atoms with Crippen LogP contribution in [0.5, 0.6) is 5.88 Å². The molecule has 8 nitrogen and oxygen atoms in total. The van der Waals surface area contributed by atoms with Crippen LogP contribution in [0.1, 0.15) is 42.1 Å². The Hall–Kier alpha value is -2.82. The SMILES string of the molecule is COc1ncc(C(=O)N[C@@H](C)C(F)(F)F)c(N2CC[C@](C)(N)C2)c1-c1c(C)noc1C. The van der Waals surface area contributed by atoms with E-state index in [0.717, 1.165) is 6.92 Å². The highest BCUT2D eigenvalue weighted by Gasteiger charge is 2.39. The van der Waals surface area contributed by atoms with Gasteiger partial charge in [-0.2, -0.15) is 13.2 Å². The van der Waals surface area contributed by atoms with Crippen LogP contribution < -0.4 is 20.7 Å². The molecule has 0 saturated carbocycles. The van der Waals surface area contributed by atoms with Crippen molar-refractivity contribution in [2.24, 2.45) is 5.73 Å². The molecule has 1 amide bonds. The Morgan fingerprint density at radius 1 is 1.39 bits per heavy atom. The molecule has 31 heavy (non-hydrogen) atoms. The Kier molecular flexibility index (Phi) is 5.92. The summed E-state index contributed by atoms with van der Waals surface area (Å²) >= 11 is 0. The molecule has 0 radical (unpaired) electrons. The van der Waals surface area contributed by atoms with Gasteiger partial charge < -0.3 is 25.2 Å². The summed E-state index contributed by atoms with van der Waals surface area (Å²) in [7, 11) is 1.43. The first-order chi connectivity index (χ1) is 14.4. The lowest BCUT2D eigenvalue weighted by Gasteiger charge is -2.27. The highest BCUT2D eigenvalue weighted by atomic mass is 19.4. The van der Waals surface area contributed by atoms with Gasteiger partial charge >= 0.3 is 6.18 Å². The fourth-order valence-corrected chi connectivity index (χ4v) is 3.73. The number of hydrogen-bond acceptors (Lipinski definition) is 7. The summed E-state index contributed by atoms with van der Waals surface area (Å²) in [6.45, 7) is 7.10. The van der Waals surface area contributed by atoms with Crippen LogP contribution in [0.25, 0.3) is 11.1 Å². The van der Waals surface area contributed by atoms with Crippen molar-refractivity contribution in [3.8, 4) is 17.0 Å². The Balaban J connectivity index is 2.22. The fraction of sp³-hybridized carbons (Fsp3) is 0.550. The first-order valence-corrected chi connectivity index (χ1v) is 9.77. The van der Waals surface area contributed by atoms with E-state index >= 15 is 0 Å². The van der Waals surface area contributed by atoms with E-state index < -0.39 is 23.7 Å². The third-order valence-electron chi connectivity index (χ3n) is 5.40. The maximum absolute atomic E-state index is 13.1. The number of anilines is 1. The predicted octanol–water partition coefficient (Wildman–Crippen LogP) is 2.97. The molecule has 3 heterocycles. The number of aryl methyl sites for hydroxylation is 2. The smallest absolute Gasteiger partial charge is 0.408 e. The molecule has 0 unspecified atom stereocenters. The number of nitrogens with one attached hydrogen (secondary N) is 1. The molecule has 170 valence electrons. The number of alkyl halides is 3. The lowest BCUT2D eigenvalue weighted by atomic mass is 9.99. The Morgan fingerprint density at radius 3 is 2.55 bits per heavy atom. The average molecular weight is 441 g/mol. The van der Waals surface area contributed by atoms with E-state index in [2.05, 4.69) is 10.1 Å². The van der Waals surface area contributed by atoms with Gasteiger partial charge in [0.05, 0.1) is 35.2 Å². The lowest BCUT2D eigenvalue weighted by Crippen LogP contribution is -2.44. The van der Waals surface area contributed by atoms with Crippen molar-refractivity contribution in [1.82, 2.24) is 15.5 Å². The van der Waals surface area contributed by atoms with Gasteiger partial charge in [-0.15, -0.1) is 0 Å². The van der Waals surface area contributed by atoms with Gasteiger partial charge in [-0.1, -0.05) is 5.16 Å². The molecule has 0 spiro atoms. The van der Waals surface area contributed by atoms with Gasteiger partial charge in [0.2, 0.25) is 5.88 Å². The van der Waals surface area contributed by atoms with Gasteiger partial charge in [0, 0.05) is 24.8 Å². The van der Waals surface area contributed by atoms with E-state index in [1.165, 1.54) is 13.3 Å². The van der Waals surface area contributed by atoms with Crippen molar-refractivity contribution in [3.05, 3.63) is 23.2 Å². The summed E-state index contributed by atoms with van der Waals surface area (Å²) in [6.07, 6.45) is -2.72. The number of aromatic nitrogens is 2. The second-order valence-electron chi connectivity index (χ2n) is 8.17. The van der Waals surface area contributed by atoms with Gasteiger partial charge in [-0.05, 0) is 34.1 Å². The molecule has 0 aromatic carbocycles. The first-order valence-electron chi connectivity index (χ1n) is 9.77. The summed E-state index contributed by atoms with van der Waals surface area (Å²) in [5, 5.41) is 5.99. The molecular formula is C20H26F3N5O3. The number of carbonyl (C=O) groups is 1. The van der Waals surface area contributed by atoms with Gasteiger partial charge in [-0.25, -0.2) is 4.98 Å². The van der Waals surface area contributed by atoms with E-state index in [9.17, 15) is 18.0 Å². The maximum Gasteiger partial charge on any atom is 0.408 e. The number of nitrogens with zero attached hydrogens (tertiary/aromatic N) is 3. The molecule has 11 heteroatoms. The Morgan fingerprint density at radius 2 is 2.06 bits per heavy atom. The van der Waals surface area contributed by atoms with Crippen molar-refractivity contribution in [2.75, 3.05) is 25.1 Å². The van der Waals surface area contributed by atoms with Gasteiger partial charge in [0.1, 0.15) is 11.8 Å². The number of carbonyl (C=O) groups excluding carboxylic acids is 1. The van der Waals surface area contributed by atoms with Crippen molar-refractivity contribution in [3.63, 3.8) is 0 Å². The number of amides is 1. The molecular weight excluding hydrogens is 415 g/mol. The van der Waals surface area contributed by atoms with Crippen LogP contribution in [-0.2, 0) is 0 Å². The second-order valence-corrected chi connectivity index (χ2v) is 8.17. The minimum absolute atomic E-state index is 0.00963. The summed E-state index contributed by atoms with van der Waals surface area (Å²) in [5.74, 6) is -0.223. The van der Waals surface area contributed by atoms with Crippen LogP contribution in [-0.4, -0.2) is 54.0 Å². The zero-order valence-corrected chi connectivity index (χ0v) is 18.1. The molecule has 0 aliphatic carbocycles. The van der Waals surface area contributed by atoms with Crippen molar-refractivity contribution < 1.29 is 27.2 Å². The quantitative estimate of drug-likeness (QED) is 0.735. The third kappa shape index (κ3) is 4.46. The summed E-state index contributed by atoms with van der Waals surface area (Å²) in [5.41, 5.74) is 7.70. The van der Waals surface area contributed by atoms with E-state index in [0.29, 0.717) is 47.8 Å². The molecule has 1 saturated heterocycles. The van der Waals surface area contributed by atoms with Crippen molar-refractivity contribution in [1.29, 1.82) is 0 Å². The normalized spacial score (nSPS) is 20.1. The Labute approximate surface area is 177 Å². The fourth-order valence-electron chi connectivity index (χ4n) is 3.73. The summed E-state index contributed by atoms with van der Waals surface area (Å²) in [4.78, 5) is 19.0. The van der Waals surface area contributed by atoms with E-state index in [1.54, 1.807) is 13.8 Å². The largest absolute Gasteiger partial charge is 0.480 e. The zero-order valence-electron chi connectivity index (χ0n) is 18.1. The lowest BCUT2D eigenvalue weighted by molar-refractivity contribution is -0.149. The average Bonchev–Trinajstić information content (AvgIpc) is 3.20. The number of ether oxygens (including phenoxy) is 1. The number of rotatable bonds is 5. The highest BCUT2D eigenvalue weighted by Crippen LogP contribution is 2.44. The summed E-state index contributed by atoms with van der Waals surface area (Å²) in [6, 6.07) is -2.03. The van der Waals surface area contributed by atoms with Crippen LogP contribution in [0.15, 0.2) is 10.7 Å². The first kappa shape index (κ1) is 22.9. The minimum atomic E-state index is -4.58. The number of nitrogens with two attached hydrogens (primary N) is 1. The number of hydrogen-bond donors (Lipinski definition) is 2. The third-order valence-corrected chi connectivity index (χ3v) is 5.40. The van der Waals surface area contributed by atoms with Gasteiger partial charge in [0.25, 0.3) is 5.91 Å². The van der Waals surface area contributed by atoms with Crippen LogP contribution in [0.2, 0.25) is 0 Å². The van der Waals surface area contributed by atoms with Crippen LogP contribution in [0.4, 0.5) is 18.9 Å². The van der Waals surface area contributed by atoms with Crippen molar-refractivity contribution >= 4 is 11.6 Å². The molecule has 2 aromatic heterocycles. The number of halogens is 3. The second kappa shape index (κ2) is 8.03. The molecule has 3 N–H and O–H groups in total. The minimum Gasteiger partial charge on any atom is -0.480 e. The van der Waals surface area contributed by atoms with Crippen LogP contribution >= 0.6 is 0 Å². The molecule has 1 fully saturated rings. The summed E-state index contributed by atoms with van der Waals surface area (Å²) < 4.78 is 49.9. The van der Waals surface area contributed by atoms with Crippen LogP contribution in [0, 0.1) is 13.8 Å². The number of methoxy groups -OCH3 is 1. The van der Waals surface area contributed by atoms with Gasteiger partial charge in [-0.3, -0.25) is 4.79 Å². The molecule has 2 aromatic rings. The highest BCUT2D eigenvalue weighted by molar-refractivity contribution is 6.04. The predicted molar refractivity (Wildman–Crippen MR) is 108 cm³/mol. The molecule has 3 rings (SSSR count). The maximum atomic E-state index is 13.1. The van der Waals surface area contributed by atoms with Crippen LogP contribution in [0.3, 0.4) is 0 Å². The zero-order chi connectivity index (χ0) is 23.1.